The lowest BCUT2D eigenvalue weighted by Gasteiger charge is -2.28. The highest BCUT2D eigenvalue weighted by Gasteiger charge is 2.53. The molecule has 1 heterocycles. The Hall–Kier alpha value is -1.56. The summed E-state index contributed by atoms with van der Waals surface area (Å²) in [6, 6.07) is 0. The highest BCUT2D eigenvalue weighted by molar-refractivity contribution is 5.99. The Bertz CT molecular complexity index is 311. The molecule has 0 fully saturated rings. The van der Waals surface area contributed by atoms with Crippen LogP contribution in [0.25, 0.3) is 0 Å². The first-order valence-electron chi connectivity index (χ1n) is 3.83. The van der Waals surface area contributed by atoms with Crippen LogP contribution in [0.15, 0.2) is 11.8 Å². The molecule has 0 aromatic carbocycles. The molecule has 1 atom stereocenters. The Morgan fingerprint density at radius 2 is 2.14 bits per heavy atom. The number of carbonyl (C=O) groups excluding carboxylic acids is 2. The Morgan fingerprint density at radius 3 is 2.57 bits per heavy atom. The Balaban J connectivity index is 3.13. The maximum absolute atomic E-state index is 11.3. The van der Waals surface area contributed by atoms with Gasteiger partial charge in [0.1, 0.15) is 0 Å². The van der Waals surface area contributed by atoms with Crippen LogP contribution in [0.1, 0.15) is 0 Å². The second-order valence-corrected chi connectivity index (χ2v) is 2.77. The Kier molecular flexibility index (Phi) is 2.48. The van der Waals surface area contributed by atoms with Crippen LogP contribution < -0.4 is 0 Å². The van der Waals surface area contributed by atoms with Gasteiger partial charge in [-0.2, -0.15) is 0 Å². The quantitative estimate of drug-likeness (QED) is 0.571. The van der Waals surface area contributed by atoms with Crippen LogP contribution in [0.4, 0.5) is 0 Å². The third-order valence-electron chi connectivity index (χ3n) is 2.10. The van der Waals surface area contributed by atoms with Gasteiger partial charge in [-0.25, -0.2) is 4.79 Å². The average Bonchev–Trinajstić information content (AvgIpc) is 2.42. The molecule has 0 spiro atoms. The third kappa shape index (κ3) is 1.15. The first-order valence-corrected chi connectivity index (χ1v) is 3.83. The molecule has 6 heteroatoms. The SMILES string of the molecule is COC(=O)[C@]1(O)C(OC)=CC(=O)N1C. The topological polar surface area (TPSA) is 76.1 Å². The van der Waals surface area contributed by atoms with Crippen LogP contribution in [0, 0.1) is 0 Å². The van der Waals surface area contributed by atoms with Crippen molar-refractivity contribution >= 4 is 11.9 Å². The first-order chi connectivity index (χ1) is 6.48. The van der Waals surface area contributed by atoms with Gasteiger partial charge in [-0.3, -0.25) is 9.69 Å². The summed E-state index contributed by atoms with van der Waals surface area (Å²) in [5, 5.41) is 9.90. The monoisotopic (exact) mass is 201 g/mol. The van der Waals surface area contributed by atoms with Gasteiger partial charge in [0, 0.05) is 13.1 Å². The largest absolute Gasteiger partial charge is 0.495 e. The van der Waals surface area contributed by atoms with E-state index < -0.39 is 17.6 Å². The van der Waals surface area contributed by atoms with E-state index >= 15 is 0 Å². The fraction of sp³-hybridized carbons (Fsp3) is 0.500. The van der Waals surface area contributed by atoms with Gasteiger partial charge in [-0.05, 0) is 0 Å². The van der Waals surface area contributed by atoms with Crippen LogP contribution in [0.5, 0.6) is 0 Å². The first kappa shape index (κ1) is 10.5. The van der Waals surface area contributed by atoms with Crippen molar-refractivity contribution in [2.24, 2.45) is 0 Å². The van der Waals surface area contributed by atoms with Crippen molar-refractivity contribution in [2.75, 3.05) is 21.3 Å². The molecular weight excluding hydrogens is 190 g/mol. The highest BCUT2D eigenvalue weighted by Crippen LogP contribution is 2.28. The summed E-state index contributed by atoms with van der Waals surface area (Å²) in [5.41, 5.74) is -2.14. The molecule has 14 heavy (non-hydrogen) atoms. The molecule has 0 saturated carbocycles. The lowest BCUT2D eigenvalue weighted by Crippen LogP contribution is -2.53. The lowest BCUT2D eigenvalue weighted by molar-refractivity contribution is -0.181. The maximum Gasteiger partial charge on any atom is 0.368 e. The van der Waals surface area contributed by atoms with Crippen LogP contribution in [0.2, 0.25) is 0 Å². The summed E-state index contributed by atoms with van der Waals surface area (Å²) >= 11 is 0. The Labute approximate surface area is 80.7 Å². The standard InChI is InChI=1S/C8H11NO5/c1-9-6(10)4-5(13-2)8(9,12)7(11)14-3/h4,12H,1-3H3/t8-/m1/s1. The number of esters is 1. The smallest absolute Gasteiger partial charge is 0.368 e. The number of hydrogen-bond acceptors (Lipinski definition) is 5. The fourth-order valence-electron chi connectivity index (χ4n) is 1.22. The molecule has 1 aliphatic rings. The van der Waals surface area contributed by atoms with Crippen molar-refractivity contribution in [3.8, 4) is 0 Å². The maximum atomic E-state index is 11.3. The molecule has 0 bridgehead atoms. The molecule has 0 aromatic heterocycles. The molecule has 1 aliphatic heterocycles. The molecule has 0 aromatic rings. The van der Waals surface area contributed by atoms with Gasteiger partial charge in [0.15, 0.2) is 5.76 Å². The molecule has 1 rings (SSSR count). The minimum atomic E-state index is -2.14. The van der Waals surface area contributed by atoms with Gasteiger partial charge in [-0.1, -0.05) is 0 Å². The van der Waals surface area contributed by atoms with Gasteiger partial charge < -0.3 is 14.6 Å². The van der Waals surface area contributed by atoms with Crippen molar-refractivity contribution in [3.63, 3.8) is 0 Å². The number of amides is 1. The van der Waals surface area contributed by atoms with Crippen molar-refractivity contribution in [3.05, 3.63) is 11.8 Å². The number of rotatable bonds is 2. The van der Waals surface area contributed by atoms with E-state index in [9.17, 15) is 14.7 Å². The summed E-state index contributed by atoms with van der Waals surface area (Å²) in [5.74, 6) is -1.62. The molecule has 0 aliphatic carbocycles. The lowest BCUT2D eigenvalue weighted by atomic mass is 10.2. The summed E-state index contributed by atoms with van der Waals surface area (Å²) in [7, 11) is 3.65. The van der Waals surface area contributed by atoms with E-state index in [1.807, 2.05) is 0 Å². The molecule has 0 saturated heterocycles. The van der Waals surface area contributed by atoms with E-state index in [4.69, 9.17) is 4.74 Å². The van der Waals surface area contributed by atoms with E-state index in [0.29, 0.717) is 0 Å². The zero-order chi connectivity index (χ0) is 10.9. The van der Waals surface area contributed by atoms with E-state index in [2.05, 4.69) is 4.74 Å². The van der Waals surface area contributed by atoms with E-state index in [1.54, 1.807) is 0 Å². The third-order valence-corrected chi connectivity index (χ3v) is 2.10. The second-order valence-electron chi connectivity index (χ2n) is 2.77. The molecule has 6 nitrogen and oxygen atoms in total. The fourth-order valence-corrected chi connectivity index (χ4v) is 1.22. The van der Waals surface area contributed by atoms with Crippen molar-refractivity contribution in [1.29, 1.82) is 0 Å². The van der Waals surface area contributed by atoms with Crippen LogP contribution >= 0.6 is 0 Å². The number of ether oxygens (including phenoxy) is 2. The van der Waals surface area contributed by atoms with E-state index in [0.717, 1.165) is 18.1 Å². The number of likely N-dealkylation sites (N-methyl/N-ethyl adjacent to an activating group) is 1. The van der Waals surface area contributed by atoms with Gasteiger partial charge in [0.05, 0.1) is 14.2 Å². The molecule has 1 amide bonds. The summed E-state index contributed by atoms with van der Waals surface area (Å²) in [6.07, 6.45) is 1.04. The predicted molar refractivity (Wildman–Crippen MR) is 44.8 cm³/mol. The van der Waals surface area contributed by atoms with Gasteiger partial charge >= 0.3 is 5.97 Å². The van der Waals surface area contributed by atoms with Gasteiger partial charge in [-0.15, -0.1) is 0 Å². The molecule has 0 unspecified atom stereocenters. The summed E-state index contributed by atoms with van der Waals surface area (Å²) in [6.45, 7) is 0. The summed E-state index contributed by atoms with van der Waals surface area (Å²) < 4.78 is 9.12. The van der Waals surface area contributed by atoms with E-state index in [1.165, 1.54) is 14.2 Å². The predicted octanol–water partition coefficient (Wildman–Crippen LogP) is -1.15. The molecule has 0 radical (unpaired) electrons. The van der Waals surface area contributed by atoms with Crippen molar-refractivity contribution in [2.45, 2.75) is 5.72 Å². The van der Waals surface area contributed by atoms with Crippen LogP contribution in [-0.4, -0.2) is 48.9 Å². The van der Waals surface area contributed by atoms with Gasteiger partial charge in [0.2, 0.25) is 0 Å². The molecule has 78 valence electrons. The zero-order valence-corrected chi connectivity index (χ0v) is 8.10. The van der Waals surface area contributed by atoms with Gasteiger partial charge in [0.25, 0.3) is 11.6 Å². The molecule has 1 N–H and O–H groups in total. The van der Waals surface area contributed by atoms with Crippen molar-refractivity contribution in [1.82, 2.24) is 4.90 Å². The normalized spacial score (nSPS) is 26.1. The minimum Gasteiger partial charge on any atom is -0.495 e. The van der Waals surface area contributed by atoms with Crippen LogP contribution in [0.3, 0.4) is 0 Å². The second kappa shape index (κ2) is 3.30. The number of aliphatic hydroxyl groups is 1. The number of carbonyl (C=O) groups is 2. The number of hydrogen-bond donors (Lipinski definition) is 1. The van der Waals surface area contributed by atoms with Crippen LogP contribution in [-0.2, 0) is 19.1 Å². The highest BCUT2D eigenvalue weighted by atomic mass is 16.6. The number of methoxy groups -OCH3 is 2. The minimum absolute atomic E-state index is 0.142. The average molecular weight is 201 g/mol. The van der Waals surface area contributed by atoms with Crippen molar-refractivity contribution < 1.29 is 24.2 Å². The summed E-state index contributed by atoms with van der Waals surface area (Å²) in [4.78, 5) is 23.3. The number of nitrogens with zero attached hydrogens (tertiary/aromatic N) is 1. The zero-order valence-electron chi connectivity index (χ0n) is 8.10. The Morgan fingerprint density at radius 1 is 1.57 bits per heavy atom. The molecular formula is C8H11NO5. The van der Waals surface area contributed by atoms with E-state index in [-0.39, 0.29) is 5.76 Å².